The zero-order valence-corrected chi connectivity index (χ0v) is 14.8. The van der Waals surface area contributed by atoms with Crippen molar-refractivity contribution in [3.05, 3.63) is 29.9 Å². The van der Waals surface area contributed by atoms with Crippen LogP contribution >= 0.6 is 11.8 Å². The molecule has 0 aliphatic heterocycles. The molecule has 7 heteroatoms. The summed E-state index contributed by atoms with van der Waals surface area (Å²) in [6.07, 6.45) is 1.50. The second-order valence-corrected chi connectivity index (χ2v) is 6.28. The van der Waals surface area contributed by atoms with Crippen LogP contribution in [0.3, 0.4) is 0 Å². The third-order valence-electron chi connectivity index (χ3n) is 3.43. The van der Waals surface area contributed by atoms with E-state index in [0.717, 1.165) is 40.8 Å². The number of nitrogens with zero attached hydrogens (tertiary/aromatic N) is 2. The molecule has 0 fully saturated rings. The van der Waals surface area contributed by atoms with Crippen LogP contribution in [0.15, 0.2) is 27.6 Å². The Kier molecular flexibility index (Phi) is 6.73. The summed E-state index contributed by atoms with van der Waals surface area (Å²) in [6, 6.07) is 6.23. The number of hydrogen-bond donors (Lipinski definition) is 1. The summed E-state index contributed by atoms with van der Waals surface area (Å²) in [5.74, 6) is 3.75. The smallest absolute Gasteiger partial charge is 0.227 e. The third kappa shape index (κ3) is 5.14. The minimum absolute atomic E-state index is 0.335. The Morgan fingerprint density at radius 3 is 2.74 bits per heavy atom. The number of benzene rings is 1. The van der Waals surface area contributed by atoms with Crippen LogP contribution in [0.5, 0.6) is 11.5 Å². The Hall–Kier alpha value is -1.73. The summed E-state index contributed by atoms with van der Waals surface area (Å²) in [5.41, 5.74) is 0. The SMILES string of the molecule is CNC(C)Cc1noc(CCSc2ccc(OC)c(OC)c2)n1. The van der Waals surface area contributed by atoms with Crippen molar-refractivity contribution in [2.75, 3.05) is 27.0 Å². The quantitative estimate of drug-likeness (QED) is 0.705. The van der Waals surface area contributed by atoms with Gasteiger partial charge in [-0.3, -0.25) is 0 Å². The van der Waals surface area contributed by atoms with Crippen LogP contribution in [0, 0.1) is 0 Å². The van der Waals surface area contributed by atoms with Gasteiger partial charge in [0.15, 0.2) is 17.3 Å². The van der Waals surface area contributed by atoms with E-state index in [4.69, 9.17) is 14.0 Å². The molecule has 0 saturated carbocycles. The first-order valence-electron chi connectivity index (χ1n) is 7.49. The first kappa shape index (κ1) is 17.6. The molecular weight excluding hydrogens is 314 g/mol. The predicted molar refractivity (Wildman–Crippen MR) is 90.5 cm³/mol. The highest BCUT2D eigenvalue weighted by atomic mass is 32.2. The van der Waals surface area contributed by atoms with Crippen molar-refractivity contribution < 1.29 is 14.0 Å². The zero-order chi connectivity index (χ0) is 16.7. The summed E-state index contributed by atoms with van der Waals surface area (Å²) in [5, 5.41) is 7.17. The van der Waals surface area contributed by atoms with E-state index in [0.29, 0.717) is 11.9 Å². The van der Waals surface area contributed by atoms with Crippen molar-refractivity contribution in [1.82, 2.24) is 15.5 Å². The van der Waals surface area contributed by atoms with E-state index >= 15 is 0 Å². The molecule has 1 aromatic carbocycles. The molecule has 0 radical (unpaired) electrons. The highest BCUT2D eigenvalue weighted by Gasteiger charge is 2.10. The van der Waals surface area contributed by atoms with E-state index in [-0.39, 0.29) is 0 Å². The molecule has 23 heavy (non-hydrogen) atoms. The molecule has 0 amide bonds. The summed E-state index contributed by atoms with van der Waals surface area (Å²) < 4.78 is 15.8. The van der Waals surface area contributed by atoms with Crippen molar-refractivity contribution in [2.45, 2.75) is 30.7 Å². The monoisotopic (exact) mass is 337 g/mol. The van der Waals surface area contributed by atoms with Gasteiger partial charge in [-0.05, 0) is 32.2 Å². The number of thioether (sulfide) groups is 1. The minimum atomic E-state index is 0.335. The van der Waals surface area contributed by atoms with Crippen LogP contribution in [0.25, 0.3) is 0 Å². The molecule has 1 atom stereocenters. The van der Waals surface area contributed by atoms with Crippen molar-refractivity contribution >= 4 is 11.8 Å². The van der Waals surface area contributed by atoms with Gasteiger partial charge in [-0.2, -0.15) is 4.98 Å². The lowest BCUT2D eigenvalue weighted by atomic mass is 10.2. The molecule has 2 aromatic rings. The van der Waals surface area contributed by atoms with E-state index in [2.05, 4.69) is 22.4 Å². The molecule has 1 unspecified atom stereocenters. The van der Waals surface area contributed by atoms with Crippen LogP contribution in [-0.4, -0.2) is 43.2 Å². The van der Waals surface area contributed by atoms with E-state index in [1.807, 2.05) is 25.2 Å². The molecule has 2 rings (SSSR count). The second-order valence-electron chi connectivity index (χ2n) is 5.11. The molecule has 0 bridgehead atoms. The molecule has 1 heterocycles. The standard InChI is InChI=1S/C16H23N3O3S/c1-11(17-2)9-15-18-16(22-19-15)7-8-23-12-5-6-13(20-3)14(10-12)21-4/h5-6,10-11,17H,7-9H2,1-4H3. The fraction of sp³-hybridized carbons (Fsp3) is 0.500. The fourth-order valence-electron chi connectivity index (χ4n) is 2.01. The van der Waals surface area contributed by atoms with Crippen molar-refractivity contribution in [1.29, 1.82) is 0 Å². The van der Waals surface area contributed by atoms with Crippen LogP contribution in [0.1, 0.15) is 18.6 Å². The number of rotatable bonds is 9. The highest BCUT2D eigenvalue weighted by molar-refractivity contribution is 7.99. The predicted octanol–water partition coefficient (Wildman–Crippen LogP) is 2.57. The average Bonchev–Trinajstić information content (AvgIpc) is 3.01. The molecule has 126 valence electrons. The van der Waals surface area contributed by atoms with Gasteiger partial charge in [-0.25, -0.2) is 0 Å². The molecular formula is C16H23N3O3S. The molecule has 1 aromatic heterocycles. The number of likely N-dealkylation sites (N-methyl/N-ethyl adjacent to an activating group) is 1. The Morgan fingerprint density at radius 1 is 1.26 bits per heavy atom. The Balaban J connectivity index is 1.85. The number of ether oxygens (including phenoxy) is 2. The van der Waals surface area contributed by atoms with Gasteiger partial charge >= 0.3 is 0 Å². The van der Waals surface area contributed by atoms with Crippen molar-refractivity contribution in [3.63, 3.8) is 0 Å². The van der Waals surface area contributed by atoms with Gasteiger partial charge in [0, 0.05) is 29.5 Å². The van der Waals surface area contributed by atoms with Crippen LogP contribution in [-0.2, 0) is 12.8 Å². The van der Waals surface area contributed by atoms with Crippen LogP contribution < -0.4 is 14.8 Å². The van der Waals surface area contributed by atoms with Gasteiger partial charge in [-0.1, -0.05) is 5.16 Å². The Labute approximate surface area is 140 Å². The number of aryl methyl sites for hydroxylation is 1. The van der Waals surface area contributed by atoms with Gasteiger partial charge in [-0.15, -0.1) is 11.8 Å². The van der Waals surface area contributed by atoms with Gasteiger partial charge in [0.2, 0.25) is 5.89 Å². The first-order valence-corrected chi connectivity index (χ1v) is 8.48. The fourth-order valence-corrected chi connectivity index (χ4v) is 2.88. The molecule has 0 spiro atoms. The maximum atomic E-state index is 5.31. The maximum absolute atomic E-state index is 5.31. The van der Waals surface area contributed by atoms with Gasteiger partial charge < -0.3 is 19.3 Å². The Morgan fingerprint density at radius 2 is 2.04 bits per heavy atom. The third-order valence-corrected chi connectivity index (χ3v) is 4.43. The van der Waals surface area contributed by atoms with E-state index in [9.17, 15) is 0 Å². The molecule has 0 aliphatic carbocycles. The second kappa shape index (κ2) is 8.79. The van der Waals surface area contributed by atoms with Crippen LogP contribution in [0.4, 0.5) is 0 Å². The summed E-state index contributed by atoms with van der Waals surface area (Å²) in [6.45, 7) is 2.09. The average molecular weight is 337 g/mol. The topological polar surface area (TPSA) is 69.4 Å². The number of nitrogens with one attached hydrogen (secondary N) is 1. The van der Waals surface area contributed by atoms with Crippen molar-refractivity contribution in [3.8, 4) is 11.5 Å². The van der Waals surface area contributed by atoms with Crippen LogP contribution in [0.2, 0.25) is 0 Å². The largest absolute Gasteiger partial charge is 0.493 e. The normalized spacial score (nSPS) is 12.2. The molecule has 0 aliphatic rings. The maximum Gasteiger partial charge on any atom is 0.227 e. The van der Waals surface area contributed by atoms with Crippen molar-refractivity contribution in [2.24, 2.45) is 0 Å². The number of hydrogen-bond acceptors (Lipinski definition) is 7. The molecule has 0 saturated heterocycles. The molecule has 6 nitrogen and oxygen atoms in total. The van der Waals surface area contributed by atoms with E-state index in [1.165, 1.54) is 0 Å². The van der Waals surface area contributed by atoms with Gasteiger partial charge in [0.05, 0.1) is 14.2 Å². The highest BCUT2D eigenvalue weighted by Crippen LogP contribution is 2.31. The summed E-state index contributed by atoms with van der Waals surface area (Å²) >= 11 is 1.72. The lowest BCUT2D eigenvalue weighted by Crippen LogP contribution is -2.24. The zero-order valence-electron chi connectivity index (χ0n) is 14.0. The Bertz CT molecular complexity index is 618. The lowest BCUT2D eigenvalue weighted by molar-refractivity contribution is 0.354. The van der Waals surface area contributed by atoms with E-state index < -0.39 is 0 Å². The van der Waals surface area contributed by atoms with Gasteiger partial charge in [0.25, 0.3) is 0 Å². The summed E-state index contributed by atoms with van der Waals surface area (Å²) in [4.78, 5) is 5.53. The first-order chi connectivity index (χ1) is 11.2. The number of methoxy groups -OCH3 is 2. The summed E-state index contributed by atoms with van der Waals surface area (Å²) in [7, 11) is 5.19. The number of aromatic nitrogens is 2. The lowest BCUT2D eigenvalue weighted by Gasteiger charge is -2.08. The molecule has 1 N–H and O–H groups in total. The van der Waals surface area contributed by atoms with Gasteiger partial charge in [0.1, 0.15) is 0 Å². The minimum Gasteiger partial charge on any atom is -0.493 e. The van der Waals surface area contributed by atoms with E-state index in [1.54, 1.807) is 26.0 Å².